The summed E-state index contributed by atoms with van der Waals surface area (Å²) in [6, 6.07) is 81.6. The van der Waals surface area contributed by atoms with Crippen LogP contribution in [-0.2, 0) is 54.5 Å². The second-order valence-corrected chi connectivity index (χ2v) is 24.2. The number of hydrogen-bond acceptors (Lipinski definition) is 9. The van der Waals surface area contributed by atoms with Gasteiger partial charge in [-0.15, -0.1) is 0 Å². The van der Waals surface area contributed by atoms with Crippen molar-refractivity contribution < 1.29 is 26.3 Å². The maximum atomic E-state index is 12.5. The normalized spacial score (nSPS) is 11.3. The zero-order valence-corrected chi connectivity index (χ0v) is 47.4. The summed E-state index contributed by atoms with van der Waals surface area (Å²) in [5, 5.41) is 0. The minimum atomic E-state index is -3.40. The minimum Gasteiger partial charge on any atom is -0.493 e. The summed E-state index contributed by atoms with van der Waals surface area (Å²) in [6.45, 7) is 1.08. The molecule has 0 spiro atoms. The Morgan fingerprint density at radius 1 is 0.476 bits per heavy atom. The Bertz CT molecular complexity index is 3840. The molecule has 0 unspecified atom stereocenters. The number of rotatable bonds is 20. The third-order valence-corrected chi connectivity index (χ3v) is 16.0. The number of aromatic nitrogens is 4. The average Bonchev–Trinajstić information content (AvgIpc) is 3.22. The highest BCUT2D eigenvalue weighted by Gasteiger charge is 2.38. The van der Waals surface area contributed by atoms with Gasteiger partial charge < -0.3 is 24.8 Å². The van der Waals surface area contributed by atoms with Gasteiger partial charge in [-0.1, -0.05) is 212 Å². The number of nitrogen functional groups attached to an aromatic ring is 1. The Hall–Kier alpha value is -9.01. The van der Waals surface area contributed by atoms with Crippen molar-refractivity contribution in [3.05, 3.63) is 318 Å². The number of para-hydroxylation sites is 2. The number of halogens is 1. The highest BCUT2D eigenvalue weighted by atomic mass is 35.7. The van der Waals surface area contributed by atoms with Crippen LogP contribution in [0.2, 0.25) is 0 Å². The third kappa shape index (κ3) is 15.9. The van der Waals surface area contributed by atoms with Gasteiger partial charge in [-0.2, -0.15) is 0 Å². The molecule has 11 aromatic rings. The number of hydrogen-bond donors (Lipinski definition) is 2. The highest BCUT2D eigenvalue weighted by Crippen LogP contribution is 2.42. The molecule has 9 aromatic carbocycles. The molecule has 0 aliphatic heterocycles. The van der Waals surface area contributed by atoms with E-state index < -0.39 is 24.4 Å². The van der Waals surface area contributed by atoms with Crippen molar-refractivity contribution in [3.63, 3.8) is 0 Å². The van der Waals surface area contributed by atoms with Crippen molar-refractivity contribution in [2.45, 2.75) is 35.6 Å². The standard InChI is InChI=1S/C36H31N3O.C25H24N2O3S.C7H7ClO2S/c37-32-22-20-28(21-23-32)24-25-40-35-19-11-10-18-33(35)34-26-39(27-38-34)36(29-12-4-1-5-13-29,30-14-6-2-7-15-30)31-16-8-3-9-17-31;28-31(29,17-21-6-2-1-3-7-21)18-22-12-10-20(11-13-22)14-15-30-25-9-5-4-8-23(25)24-16-26-19-27-24;8-11(9,10)6-7-4-2-1-3-5-7/h1-23,26-27H,24-25,37H2;1-13,16,19H,14-15,17-18H2,(H,26,27);1-5H,6H2. The van der Waals surface area contributed by atoms with Crippen LogP contribution in [0.25, 0.3) is 22.5 Å². The molecule has 0 amide bonds. The predicted molar refractivity (Wildman–Crippen MR) is 330 cm³/mol. The number of benzene rings is 9. The molecule has 414 valence electrons. The number of anilines is 1. The van der Waals surface area contributed by atoms with E-state index in [2.05, 4.69) is 118 Å². The fraction of sp³-hybridized carbons (Fsp3) is 0.118. The van der Waals surface area contributed by atoms with Gasteiger partial charge in [-0.25, -0.2) is 26.8 Å². The van der Waals surface area contributed by atoms with E-state index in [4.69, 9.17) is 30.9 Å². The molecule has 0 aliphatic rings. The smallest absolute Gasteiger partial charge is 0.236 e. The molecule has 2 heterocycles. The summed E-state index contributed by atoms with van der Waals surface area (Å²) >= 11 is 0. The minimum absolute atomic E-state index is 0.0379. The van der Waals surface area contributed by atoms with Gasteiger partial charge in [0.25, 0.3) is 0 Å². The Morgan fingerprint density at radius 3 is 1.35 bits per heavy atom. The lowest BCUT2D eigenvalue weighted by molar-refractivity contribution is 0.323. The number of imidazole rings is 2. The van der Waals surface area contributed by atoms with E-state index in [9.17, 15) is 16.8 Å². The molecule has 2 aromatic heterocycles. The molecule has 14 heteroatoms. The monoisotopic (exact) mass is 1140 g/mol. The van der Waals surface area contributed by atoms with E-state index in [1.54, 1.807) is 36.8 Å². The molecule has 0 saturated heterocycles. The summed E-state index contributed by atoms with van der Waals surface area (Å²) in [5.41, 5.74) is 17.8. The third-order valence-electron chi connectivity index (χ3n) is 13.5. The molecule has 82 heavy (non-hydrogen) atoms. The van der Waals surface area contributed by atoms with Gasteiger partial charge >= 0.3 is 0 Å². The van der Waals surface area contributed by atoms with Crippen LogP contribution < -0.4 is 15.2 Å². The average molecular weight is 1140 g/mol. The molecule has 11 nitrogen and oxygen atoms in total. The molecule has 0 saturated carbocycles. The van der Waals surface area contributed by atoms with Crippen molar-refractivity contribution in [2.24, 2.45) is 0 Å². The lowest BCUT2D eigenvalue weighted by Gasteiger charge is -2.37. The second kappa shape index (κ2) is 27.9. The van der Waals surface area contributed by atoms with Gasteiger partial charge in [0.2, 0.25) is 9.05 Å². The van der Waals surface area contributed by atoms with Crippen molar-refractivity contribution in [2.75, 3.05) is 18.9 Å². The van der Waals surface area contributed by atoms with E-state index >= 15 is 0 Å². The topological polar surface area (TPSA) is 159 Å². The summed E-state index contributed by atoms with van der Waals surface area (Å²) < 4.78 is 60.6. The second-order valence-electron chi connectivity index (χ2n) is 19.4. The molecule has 0 aliphatic carbocycles. The highest BCUT2D eigenvalue weighted by molar-refractivity contribution is 8.13. The van der Waals surface area contributed by atoms with Crippen molar-refractivity contribution in [3.8, 4) is 34.0 Å². The molecule has 0 bridgehead atoms. The Kier molecular flexibility index (Phi) is 19.6. The van der Waals surface area contributed by atoms with Gasteiger partial charge in [-0.3, -0.25) is 0 Å². The maximum Gasteiger partial charge on any atom is 0.236 e. The summed E-state index contributed by atoms with van der Waals surface area (Å²) in [6.07, 6.45) is 9.01. The maximum absolute atomic E-state index is 12.5. The Morgan fingerprint density at radius 2 is 0.878 bits per heavy atom. The number of ether oxygens (including phenoxy) is 2. The number of sulfone groups is 1. The number of nitrogens with one attached hydrogen (secondary N) is 1. The van der Waals surface area contributed by atoms with Crippen molar-refractivity contribution >= 4 is 35.3 Å². The molecule has 3 N–H and O–H groups in total. The van der Waals surface area contributed by atoms with Gasteiger partial charge in [0.1, 0.15) is 17.0 Å². The lowest BCUT2D eigenvalue weighted by atomic mass is 9.77. The van der Waals surface area contributed by atoms with Gasteiger partial charge in [0.15, 0.2) is 9.84 Å². The summed E-state index contributed by atoms with van der Waals surface area (Å²) in [4.78, 5) is 12.1. The quantitative estimate of drug-likeness (QED) is 0.0430. The number of aromatic amines is 1. The zero-order chi connectivity index (χ0) is 57.0. The van der Waals surface area contributed by atoms with Crippen LogP contribution in [0.5, 0.6) is 11.5 Å². The molecular weight excluding hydrogens is 1080 g/mol. The fourth-order valence-corrected chi connectivity index (χ4v) is 12.1. The first kappa shape index (κ1) is 57.7. The summed E-state index contributed by atoms with van der Waals surface area (Å²) in [7, 11) is -1.58. The summed E-state index contributed by atoms with van der Waals surface area (Å²) in [5.74, 6) is 1.61. The first-order valence-corrected chi connectivity index (χ1v) is 31.0. The number of H-pyrrole nitrogens is 1. The predicted octanol–water partition coefficient (Wildman–Crippen LogP) is 14.2. The van der Waals surface area contributed by atoms with E-state index in [1.807, 2.05) is 134 Å². The fourth-order valence-electron chi connectivity index (χ4n) is 9.60. The number of nitrogens with zero attached hydrogens (tertiary/aromatic N) is 3. The van der Waals surface area contributed by atoms with Gasteiger partial charge in [-0.05, 0) is 80.9 Å². The molecule has 0 radical (unpaired) electrons. The van der Waals surface area contributed by atoms with E-state index in [0.29, 0.717) is 18.8 Å². The Labute approximate surface area is 485 Å². The van der Waals surface area contributed by atoms with Gasteiger partial charge in [0.05, 0.1) is 60.7 Å². The molecule has 11 rings (SSSR count). The van der Waals surface area contributed by atoms with Crippen molar-refractivity contribution in [1.82, 2.24) is 19.5 Å². The molecule has 0 fully saturated rings. The largest absolute Gasteiger partial charge is 0.493 e. The Balaban J connectivity index is 0.000000170. The molecule has 0 atom stereocenters. The van der Waals surface area contributed by atoms with Crippen LogP contribution >= 0.6 is 10.7 Å². The van der Waals surface area contributed by atoms with Crippen LogP contribution in [0.4, 0.5) is 5.69 Å². The van der Waals surface area contributed by atoms with Crippen molar-refractivity contribution in [1.29, 1.82) is 0 Å². The van der Waals surface area contributed by atoms with Crippen LogP contribution in [-0.4, -0.2) is 49.6 Å². The van der Waals surface area contributed by atoms with Crippen LogP contribution in [0, 0.1) is 0 Å². The van der Waals surface area contributed by atoms with E-state index in [-0.39, 0.29) is 17.3 Å². The SMILES string of the molecule is Nc1ccc(CCOc2ccccc2-c2cn(C(c3ccccc3)(c3ccccc3)c3ccccc3)cn2)cc1.O=S(=O)(Cc1ccccc1)Cc1ccc(CCOc2ccccc2-c2cnc[nH]2)cc1.O=S(=O)(Cl)Cc1ccccc1. The van der Waals surface area contributed by atoms with Gasteiger partial charge in [0, 0.05) is 46.5 Å². The van der Waals surface area contributed by atoms with E-state index in [1.165, 1.54) is 5.56 Å². The van der Waals surface area contributed by atoms with Crippen LogP contribution in [0.1, 0.15) is 44.5 Å². The molecular formula is C68H62ClN5O6S2. The first-order chi connectivity index (χ1) is 39.9. The number of nitrogens with two attached hydrogens (primary N) is 1. The van der Waals surface area contributed by atoms with E-state index in [0.717, 1.165) is 85.9 Å². The zero-order valence-electron chi connectivity index (χ0n) is 45.0. The first-order valence-electron chi connectivity index (χ1n) is 26.7. The van der Waals surface area contributed by atoms with Crippen LogP contribution in [0.3, 0.4) is 0 Å². The lowest BCUT2D eigenvalue weighted by Crippen LogP contribution is -2.36. The van der Waals surface area contributed by atoms with Crippen LogP contribution in [0.15, 0.2) is 274 Å².